The van der Waals surface area contributed by atoms with E-state index in [1.807, 2.05) is 12.4 Å². The third kappa shape index (κ3) is 4.35. The Morgan fingerprint density at radius 3 is 1.03 bits per heavy atom. The lowest BCUT2D eigenvalue weighted by atomic mass is 9.88. The summed E-state index contributed by atoms with van der Waals surface area (Å²) in [6, 6.07) is 31.2. The maximum atomic E-state index is 4.75. The molecule has 3 aromatic carbocycles. The van der Waals surface area contributed by atoms with Crippen molar-refractivity contribution >= 4 is 0 Å². The van der Waals surface area contributed by atoms with Gasteiger partial charge in [0.15, 0.2) is 0 Å². The summed E-state index contributed by atoms with van der Waals surface area (Å²) in [5.74, 6) is 0. The third-order valence-corrected chi connectivity index (χ3v) is 8.42. The molecule has 2 aromatic heterocycles. The minimum absolute atomic E-state index is 1.15. The fraction of sp³-hybridized carbons (Fsp3) is 0.222. The number of rotatable bonds is 4. The Bertz CT molecular complexity index is 1460. The van der Waals surface area contributed by atoms with Crippen LogP contribution in [-0.2, 0) is 25.7 Å². The predicted octanol–water partition coefficient (Wildman–Crippen LogP) is 8.90. The Morgan fingerprint density at radius 2 is 0.658 bits per heavy atom. The zero-order chi connectivity index (χ0) is 25.3. The molecule has 0 radical (unpaired) electrons. The summed E-state index contributed by atoms with van der Waals surface area (Å²) in [5.41, 5.74) is 15.6. The van der Waals surface area contributed by atoms with Crippen molar-refractivity contribution in [2.24, 2.45) is 0 Å². The van der Waals surface area contributed by atoms with Gasteiger partial charge in [-0.25, -0.2) is 0 Å². The molecule has 0 amide bonds. The van der Waals surface area contributed by atoms with E-state index in [4.69, 9.17) is 9.97 Å². The van der Waals surface area contributed by atoms with Gasteiger partial charge in [0.1, 0.15) is 0 Å². The Hall–Kier alpha value is -4.04. The smallest absolute Gasteiger partial charge is 0.0736 e. The van der Waals surface area contributed by atoms with Gasteiger partial charge in [-0.15, -0.1) is 0 Å². The quantitative estimate of drug-likeness (QED) is 0.250. The first-order chi connectivity index (χ1) is 18.8. The molecule has 186 valence electrons. The summed E-state index contributed by atoms with van der Waals surface area (Å²) < 4.78 is 0. The average molecular weight is 493 g/mol. The first kappa shape index (κ1) is 23.1. The van der Waals surface area contributed by atoms with Crippen LogP contribution in [0.2, 0.25) is 0 Å². The van der Waals surface area contributed by atoms with Crippen molar-refractivity contribution in [2.75, 3.05) is 0 Å². The summed E-state index contributed by atoms with van der Waals surface area (Å²) in [5, 5.41) is 0. The Kier molecular flexibility index (Phi) is 6.09. The fourth-order valence-electron chi connectivity index (χ4n) is 6.32. The van der Waals surface area contributed by atoms with Crippen LogP contribution in [0.25, 0.3) is 44.8 Å². The van der Waals surface area contributed by atoms with Gasteiger partial charge in [-0.2, -0.15) is 0 Å². The Labute approximate surface area is 225 Å². The van der Waals surface area contributed by atoms with Crippen LogP contribution in [0.4, 0.5) is 0 Å². The molecule has 0 unspecified atom stereocenters. The highest BCUT2D eigenvalue weighted by Crippen LogP contribution is 2.33. The van der Waals surface area contributed by atoms with Gasteiger partial charge in [0.25, 0.3) is 0 Å². The highest BCUT2D eigenvalue weighted by molar-refractivity contribution is 5.75. The van der Waals surface area contributed by atoms with Crippen LogP contribution < -0.4 is 0 Å². The molecule has 38 heavy (non-hydrogen) atoms. The van der Waals surface area contributed by atoms with E-state index in [0.717, 1.165) is 12.8 Å². The van der Waals surface area contributed by atoms with Crippen LogP contribution >= 0.6 is 0 Å². The number of aryl methyl sites for hydroxylation is 2. The van der Waals surface area contributed by atoms with Crippen LogP contribution in [0.1, 0.15) is 47.9 Å². The van der Waals surface area contributed by atoms with Crippen molar-refractivity contribution in [1.82, 2.24) is 9.97 Å². The SMILES string of the molecule is c1cc2c(c(-c3ccc(-c4ccc(-c5ccc(-c6nccc7c6CCCC7)cc5)cc4)cc3)n1)CCCC2. The molecule has 0 aliphatic heterocycles. The second kappa shape index (κ2) is 10.0. The minimum atomic E-state index is 1.15. The normalized spacial score (nSPS) is 14.5. The second-order valence-electron chi connectivity index (χ2n) is 10.7. The molecule has 7 rings (SSSR count). The van der Waals surface area contributed by atoms with Crippen LogP contribution in [0.5, 0.6) is 0 Å². The van der Waals surface area contributed by atoms with Crippen molar-refractivity contribution in [3.8, 4) is 44.8 Å². The molecule has 2 aliphatic rings. The molecule has 0 saturated carbocycles. The third-order valence-electron chi connectivity index (χ3n) is 8.42. The van der Waals surface area contributed by atoms with Gasteiger partial charge < -0.3 is 0 Å². The van der Waals surface area contributed by atoms with Gasteiger partial charge in [-0.1, -0.05) is 72.8 Å². The first-order valence-corrected chi connectivity index (χ1v) is 14.1. The number of pyridine rings is 2. The lowest BCUT2D eigenvalue weighted by Crippen LogP contribution is -2.05. The largest absolute Gasteiger partial charge is 0.256 e. The number of hydrogen-bond donors (Lipinski definition) is 0. The number of benzene rings is 3. The van der Waals surface area contributed by atoms with Gasteiger partial charge in [-0.05, 0) is 108 Å². The molecule has 0 bridgehead atoms. The Morgan fingerprint density at radius 1 is 0.342 bits per heavy atom. The molecule has 0 spiro atoms. The minimum Gasteiger partial charge on any atom is -0.256 e. The number of hydrogen-bond acceptors (Lipinski definition) is 2. The molecule has 5 aromatic rings. The zero-order valence-corrected chi connectivity index (χ0v) is 21.8. The molecule has 0 N–H and O–H groups in total. The van der Waals surface area contributed by atoms with Crippen molar-refractivity contribution in [2.45, 2.75) is 51.4 Å². The fourth-order valence-corrected chi connectivity index (χ4v) is 6.32. The van der Waals surface area contributed by atoms with Gasteiger partial charge in [0.2, 0.25) is 0 Å². The number of aromatic nitrogens is 2. The van der Waals surface area contributed by atoms with Crippen LogP contribution in [0, 0.1) is 0 Å². The summed E-state index contributed by atoms with van der Waals surface area (Å²) in [6.45, 7) is 0. The van der Waals surface area contributed by atoms with Crippen molar-refractivity contribution in [1.29, 1.82) is 0 Å². The van der Waals surface area contributed by atoms with E-state index in [2.05, 4.69) is 84.9 Å². The van der Waals surface area contributed by atoms with Crippen molar-refractivity contribution < 1.29 is 0 Å². The predicted molar refractivity (Wildman–Crippen MR) is 157 cm³/mol. The Balaban J connectivity index is 1.11. The lowest BCUT2D eigenvalue weighted by molar-refractivity contribution is 0.684. The summed E-state index contributed by atoms with van der Waals surface area (Å²) in [6.07, 6.45) is 13.7. The van der Waals surface area contributed by atoms with Gasteiger partial charge in [-0.3, -0.25) is 9.97 Å². The zero-order valence-electron chi connectivity index (χ0n) is 21.8. The van der Waals surface area contributed by atoms with Gasteiger partial charge in [0.05, 0.1) is 11.4 Å². The topological polar surface area (TPSA) is 25.8 Å². The molecule has 0 fully saturated rings. The monoisotopic (exact) mass is 492 g/mol. The lowest BCUT2D eigenvalue weighted by Gasteiger charge is -2.18. The molecular formula is C36H32N2. The van der Waals surface area contributed by atoms with E-state index >= 15 is 0 Å². The number of nitrogens with zero attached hydrogens (tertiary/aromatic N) is 2. The molecule has 0 atom stereocenters. The van der Waals surface area contributed by atoms with Crippen molar-refractivity contribution in [3.05, 3.63) is 120 Å². The van der Waals surface area contributed by atoms with E-state index in [0.29, 0.717) is 0 Å². The van der Waals surface area contributed by atoms with Gasteiger partial charge in [0, 0.05) is 23.5 Å². The average Bonchev–Trinajstić information content (AvgIpc) is 3.01. The molecule has 2 aliphatic carbocycles. The highest BCUT2D eigenvalue weighted by Gasteiger charge is 2.16. The van der Waals surface area contributed by atoms with Crippen LogP contribution in [0.3, 0.4) is 0 Å². The van der Waals surface area contributed by atoms with E-state index in [1.165, 1.54) is 106 Å². The summed E-state index contributed by atoms with van der Waals surface area (Å²) in [7, 11) is 0. The van der Waals surface area contributed by atoms with E-state index < -0.39 is 0 Å². The molecule has 2 nitrogen and oxygen atoms in total. The van der Waals surface area contributed by atoms with E-state index in [1.54, 1.807) is 0 Å². The summed E-state index contributed by atoms with van der Waals surface area (Å²) in [4.78, 5) is 9.50. The second-order valence-corrected chi connectivity index (χ2v) is 10.7. The van der Waals surface area contributed by atoms with Gasteiger partial charge >= 0.3 is 0 Å². The number of fused-ring (bicyclic) bond motifs is 2. The maximum absolute atomic E-state index is 4.75. The van der Waals surface area contributed by atoms with Crippen LogP contribution in [-0.4, -0.2) is 9.97 Å². The summed E-state index contributed by atoms with van der Waals surface area (Å²) >= 11 is 0. The van der Waals surface area contributed by atoms with Crippen molar-refractivity contribution in [3.63, 3.8) is 0 Å². The highest BCUT2D eigenvalue weighted by atomic mass is 14.7. The van der Waals surface area contributed by atoms with E-state index in [-0.39, 0.29) is 0 Å². The maximum Gasteiger partial charge on any atom is 0.0736 e. The molecular weight excluding hydrogens is 460 g/mol. The first-order valence-electron chi connectivity index (χ1n) is 14.1. The standard InChI is InChI=1S/C36H32N2/c1-3-7-33-29(5-1)21-23-37-35(33)31-17-13-27(14-18-31)25-9-11-26(12-10-25)28-15-19-32(20-16-28)36-34-8-4-2-6-30(34)22-24-38-36/h9-24H,1-8H2. The molecule has 2 heteroatoms. The molecule has 2 heterocycles. The molecule has 0 saturated heterocycles. The van der Waals surface area contributed by atoms with E-state index in [9.17, 15) is 0 Å². The van der Waals surface area contributed by atoms with Crippen LogP contribution in [0.15, 0.2) is 97.3 Å².